The van der Waals surface area contributed by atoms with E-state index >= 15 is 0 Å². The van der Waals surface area contributed by atoms with Gasteiger partial charge >= 0.3 is 6.18 Å². The summed E-state index contributed by atoms with van der Waals surface area (Å²) in [5.41, 5.74) is 4.38. The molecule has 13 heteroatoms. The van der Waals surface area contributed by atoms with Crippen LogP contribution in [0.3, 0.4) is 0 Å². The molecular formula is C33H44F3N7O3. The van der Waals surface area contributed by atoms with Gasteiger partial charge < -0.3 is 24.9 Å². The van der Waals surface area contributed by atoms with Crippen molar-refractivity contribution in [3.63, 3.8) is 0 Å². The molecule has 10 nitrogen and oxygen atoms in total. The van der Waals surface area contributed by atoms with Gasteiger partial charge in [0.15, 0.2) is 0 Å². The number of methoxy groups -OCH3 is 1. The van der Waals surface area contributed by atoms with E-state index in [1.807, 2.05) is 45.3 Å². The Hall–Kier alpha value is -4.10. The number of alkyl halides is 3. The van der Waals surface area contributed by atoms with Crippen LogP contribution in [0.15, 0.2) is 51.5 Å². The molecule has 4 N–H and O–H groups in total. The van der Waals surface area contributed by atoms with Crippen LogP contribution in [0, 0.1) is 6.92 Å². The SMILES string of the molecule is CCN/C=C(C)/C(=C\c1c(C2=CC=NC(NC)C2)ccn1C1CCN(CC(F)(F)F)CC1)C(=O)NCc1c(OC)cc(C)[nH]c1=O. The van der Waals surface area contributed by atoms with Gasteiger partial charge in [-0.05, 0) is 76.1 Å². The topological polar surface area (TPSA) is 116 Å². The van der Waals surface area contributed by atoms with E-state index in [4.69, 9.17) is 4.74 Å². The Morgan fingerprint density at radius 2 is 2.00 bits per heavy atom. The second-order valence-corrected chi connectivity index (χ2v) is 11.6. The Bertz CT molecular complexity index is 1560. The van der Waals surface area contributed by atoms with E-state index in [9.17, 15) is 22.8 Å². The maximum absolute atomic E-state index is 13.9. The molecule has 4 rings (SSSR count). The lowest BCUT2D eigenvalue weighted by Crippen LogP contribution is -2.40. The molecule has 0 saturated carbocycles. The van der Waals surface area contributed by atoms with Gasteiger partial charge in [0.2, 0.25) is 0 Å². The molecule has 2 aromatic heterocycles. The molecule has 2 aromatic rings. The minimum absolute atomic E-state index is 0.0551. The van der Waals surface area contributed by atoms with Crippen molar-refractivity contribution in [1.29, 1.82) is 0 Å². The molecule has 1 saturated heterocycles. The van der Waals surface area contributed by atoms with E-state index in [0.29, 0.717) is 67.0 Å². The van der Waals surface area contributed by atoms with Crippen molar-refractivity contribution < 1.29 is 22.7 Å². The number of rotatable bonds is 12. The van der Waals surface area contributed by atoms with Crippen molar-refractivity contribution in [1.82, 2.24) is 30.4 Å². The van der Waals surface area contributed by atoms with Crippen LogP contribution in [0.25, 0.3) is 11.6 Å². The van der Waals surface area contributed by atoms with Gasteiger partial charge in [-0.25, -0.2) is 0 Å². The van der Waals surface area contributed by atoms with E-state index in [1.54, 1.807) is 25.4 Å². The third kappa shape index (κ3) is 8.79. The van der Waals surface area contributed by atoms with Crippen LogP contribution in [0.5, 0.6) is 5.75 Å². The number of aliphatic imine (C=N–C) groups is 1. The standard InChI is InChI=1S/C33H44F3N7O3/c1-6-38-18-21(2)26(31(44)40-19-27-29(46-5)15-22(3)41-32(27)45)17-28-25(23-7-11-39-30(16-23)37-4)10-14-43(28)24-8-12-42(13-9-24)20-33(34,35)36/h7,10-11,14-15,17-18,24,30,37-38H,6,8-9,12-13,16,19-20H2,1-5H3,(H,40,44)(H,41,45)/b21-18+,26-17+. The number of pyridine rings is 1. The van der Waals surface area contributed by atoms with Crippen LogP contribution in [0.2, 0.25) is 0 Å². The van der Waals surface area contributed by atoms with Gasteiger partial charge in [-0.3, -0.25) is 24.8 Å². The number of likely N-dealkylation sites (tertiary alicyclic amines) is 1. The fourth-order valence-electron chi connectivity index (χ4n) is 5.88. The van der Waals surface area contributed by atoms with Gasteiger partial charge in [-0.1, -0.05) is 0 Å². The highest BCUT2D eigenvalue weighted by Crippen LogP contribution is 2.34. The average molecular weight is 644 g/mol. The Labute approximate surface area is 267 Å². The number of carbonyl (C=O) groups excluding carboxylic acids is 1. The maximum Gasteiger partial charge on any atom is 0.401 e. The lowest BCUT2D eigenvalue weighted by atomic mass is 9.96. The third-order valence-corrected chi connectivity index (χ3v) is 8.29. The maximum atomic E-state index is 13.9. The number of nitrogens with zero attached hydrogens (tertiary/aromatic N) is 3. The average Bonchev–Trinajstić information content (AvgIpc) is 3.44. The van der Waals surface area contributed by atoms with Crippen LogP contribution in [0.1, 0.15) is 61.7 Å². The number of H-pyrrole nitrogens is 1. The molecule has 0 aliphatic carbocycles. The lowest BCUT2D eigenvalue weighted by molar-refractivity contribution is -0.148. The summed E-state index contributed by atoms with van der Waals surface area (Å²) in [4.78, 5) is 35.3. The first-order valence-corrected chi connectivity index (χ1v) is 15.5. The first-order valence-electron chi connectivity index (χ1n) is 15.5. The predicted octanol–water partition coefficient (Wildman–Crippen LogP) is 4.31. The number of allylic oxidation sites excluding steroid dienone is 1. The minimum Gasteiger partial charge on any atom is -0.496 e. The molecule has 2 aliphatic heterocycles. The van der Waals surface area contributed by atoms with Crippen LogP contribution in [-0.4, -0.2) is 79.3 Å². The zero-order valence-corrected chi connectivity index (χ0v) is 27.1. The summed E-state index contributed by atoms with van der Waals surface area (Å²) in [6.45, 7) is 5.84. The number of piperidine rings is 1. The Kier molecular flexibility index (Phi) is 11.7. The second-order valence-electron chi connectivity index (χ2n) is 11.6. The van der Waals surface area contributed by atoms with Crippen molar-refractivity contribution in [3.05, 3.63) is 74.6 Å². The fraction of sp³-hybridized carbons (Fsp3) is 0.485. The van der Waals surface area contributed by atoms with Crippen molar-refractivity contribution in [2.45, 2.75) is 65.0 Å². The van der Waals surface area contributed by atoms with Gasteiger partial charge in [0.25, 0.3) is 11.5 Å². The summed E-state index contributed by atoms with van der Waals surface area (Å²) in [6, 6.07) is 3.65. The minimum atomic E-state index is -4.24. The Morgan fingerprint density at radius 3 is 2.65 bits per heavy atom. The number of aromatic nitrogens is 2. The third-order valence-electron chi connectivity index (χ3n) is 8.29. The summed E-state index contributed by atoms with van der Waals surface area (Å²) in [5.74, 6) is -0.00956. The van der Waals surface area contributed by atoms with Crippen molar-refractivity contribution in [3.8, 4) is 5.75 Å². The number of carbonyl (C=O) groups is 1. The molecule has 1 fully saturated rings. The predicted molar refractivity (Wildman–Crippen MR) is 175 cm³/mol. The first kappa shape index (κ1) is 34.8. The van der Waals surface area contributed by atoms with E-state index in [2.05, 4.69) is 30.5 Å². The molecule has 1 amide bonds. The van der Waals surface area contributed by atoms with Gasteiger partial charge in [0.05, 0.1) is 25.8 Å². The highest BCUT2D eigenvalue weighted by molar-refractivity contribution is 6.02. The summed E-state index contributed by atoms with van der Waals surface area (Å²) in [5, 5.41) is 9.25. The molecule has 250 valence electrons. The van der Waals surface area contributed by atoms with Gasteiger partial charge in [0.1, 0.15) is 11.9 Å². The number of ether oxygens (including phenoxy) is 1. The number of amides is 1. The second kappa shape index (κ2) is 15.5. The molecule has 0 spiro atoms. The largest absolute Gasteiger partial charge is 0.496 e. The van der Waals surface area contributed by atoms with Crippen LogP contribution < -0.4 is 26.2 Å². The molecule has 0 radical (unpaired) electrons. The molecule has 1 atom stereocenters. The molecule has 1 unspecified atom stereocenters. The molecular weight excluding hydrogens is 599 g/mol. The molecule has 2 aliphatic rings. The monoisotopic (exact) mass is 643 g/mol. The smallest absolute Gasteiger partial charge is 0.401 e. The molecule has 0 bridgehead atoms. The van der Waals surface area contributed by atoms with Crippen molar-refractivity contribution >= 4 is 23.8 Å². The van der Waals surface area contributed by atoms with Crippen LogP contribution in [-0.2, 0) is 11.3 Å². The summed E-state index contributed by atoms with van der Waals surface area (Å²) in [7, 11) is 3.32. The zero-order chi connectivity index (χ0) is 33.4. The quantitative estimate of drug-likeness (QED) is 0.203. The number of hydrogen-bond donors (Lipinski definition) is 4. The summed E-state index contributed by atoms with van der Waals surface area (Å²) < 4.78 is 46.7. The summed E-state index contributed by atoms with van der Waals surface area (Å²) >= 11 is 0. The van der Waals surface area contributed by atoms with Crippen LogP contribution in [0.4, 0.5) is 13.2 Å². The van der Waals surface area contributed by atoms with E-state index in [1.165, 1.54) is 12.0 Å². The first-order chi connectivity index (χ1) is 21.9. The van der Waals surface area contributed by atoms with Gasteiger partial charge in [0, 0.05) is 73.2 Å². The van der Waals surface area contributed by atoms with Crippen molar-refractivity contribution in [2.75, 3.05) is 40.3 Å². The number of aromatic amines is 1. The summed E-state index contributed by atoms with van der Waals surface area (Å²) in [6.07, 6.45) is 6.64. The molecule has 4 heterocycles. The number of nitrogens with one attached hydrogen (secondary N) is 4. The fourth-order valence-corrected chi connectivity index (χ4v) is 5.88. The number of halogens is 3. The van der Waals surface area contributed by atoms with Gasteiger partial charge in [-0.15, -0.1) is 0 Å². The van der Waals surface area contributed by atoms with Crippen molar-refractivity contribution in [2.24, 2.45) is 4.99 Å². The van der Waals surface area contributed by atoms with Crippen LogP contribution >= 0.6 is 0 Å². The Morgan fingerprint density at radius 1 is 1.26 bits per heavy atom. The number of aryl methyl sites for hydroxylation is 1. The highest BCUT2D eigenvalue weighted by Gasteiger charge is 2.33. The van der Waals surface area contributed by atoms with Gasteiger partial charge in [-0.2, -0.15) is 13.2 Å². The van der Waals surface area contributed by atoms with E-state index < -0.39 is 12.7 Å². The molecule has 0 aromatic carbocycles. The Balaban J connectivity index is 1.74. The molecule has 46 heavy (non-hydrogen) atoms. The highest BCUT2D eigenvalue weighted by atomic mass is 19.4. The zero-order valence-electron chi connectivity index (χ0n) is 27.1. The van der Waals surface area contributed by atoms with E-state index in [-0.39, 0.29) is 30.2 Å². The number of dihydropyridines is 1. The number of hydrogen-bond acceptors (Lipinski definition) is 7. The lowest BCUT2D eigenvalue weighted by Gasteiger charge is -2.34. The normalized spacial score (nSPS) is 18.4. The van der Waals surface area contributed by atoms with E-state index in [0.717, 1.165) is 16.8 Å².